The van der Waals surface area contributed by atoms with Crippen LogP contribution in [0.4, 0.5) is 23.0 Å². The fourth-order valence-corrected chi connectivity index (χ4v) is 4.66. The Morgan fingerprint density at radius 2 is 1.52 bits per heavy atom. The number of amides is 1. The van der Waals surface area contributed by atoms with Crippen molar-refractivity contribution in [1.82, 2.24) is 15.0 Å². The molecule has 0 aliphatic carbocycles. The van der Waals surface area contributed by atoms with Crippen LogP contribution in [0.2, 0.25) is 10.6 Å². The van der Waals surface area contributed by atoms with Crippen LogP contribution in [0.25, 0.3) is 0 Å². The summed E-state index contributed by atoms with van der Waals surface area (Å²) in [5.74, 6) is -2.85. The Labute approximate surface area is 290 Å². The second-order valence-electron chi connectivity index (χ2n) is 7.51. The Balaban J connectivity index is 0.00000308. The summed E-state index contributed by atoms with van der Waals surface area (Å²) in [5, 5.41) is 23.2. The summed E-state index contributed by atoms with van der Waals surface area (Å²) in [4.78, 5) is 34.4. The number of halogens is 2. The molecule has 0 saturated carbocycles. The molecule has 2 radical (unpaired) electrons. The zero-order valence-corrected chi connectivity index (χ0v) is 28.3. The first-order valence-electron chi connectivity index (χ1n) is 10.2. The third-order valence-electron chi connectivity index (χ3n) is 4.86. The minimum absolute atomic E-state index is 0. The van der Waals surface area contributed by atoms with Gasteiger partial charge in [0.25, 0.3) is 26.1 Å². The molecular weight excluding hydrogens is 665 g/mol. The average Bonchev–Trinajstić information content (AvgIpc) is 3.18. The minimum Gasteiger partial charge on any atom is -0.477 e. The Kier molecular flexibility index (Phi) is 12.1. The number of aromatic nitrogens is 3. The van der Waals surface area contributed by atoms with Crippen molar-refractivity contribution in [3.05, 3.63) is 53.0 Å². The van der Waals surface area contributed by atoms with E-state index in [-0.39, 0.29) is 87.0 Å². The number of benzene rings is 2. The third-order valence-corrected chi connectivity index (χ3v) is 6.95. The first-order valence-corrected chi connectivity index (χ1v) is 13.9. The van der Waals surface area contributed by atoms with Gasteiger partial charge in [0, 0.05) is 64.8 Å². The first-order chi connectivity index (χ1) is 18.6. The standard InChI is InChI=1S/C19H12Cl2N8O9S2.2Na/c20-17-23-18(21)25-19(24-17)22-8-1-6-11(12(7-8)40(36,37)38)26-27-13-14(16(31)32)28-29(15(13)30)9-2-4-10(5-3-9)39(33,34)35;;/h1-7,13H,(H,31,32)(H,33,34,35)(H,36,37,38)(H,22,23,24,25);;. The number of carbonyl (C=O) groups is 2. The van der Waals surface area contributed by atoms with Gasteiger partial charge in [-0.25, -0.2) is 4.79 Å². The average molecular weight is 677 g/mol. The van der Waals surface area contributed by atoms with Crippen molar-refractivity contribution in [3.8, 4) is 0 Å². The van der Waals surface area contributed by atoms with Crippen molar-refractivity contribution in [3.63, 3.8) is 0 Å². The Morgan fingerprint density at radius 3 is 2.05 bits per heavy atom. The van der Waals surface area contributed by atoms with Crippen LogP contribution in [0.3, 0.4) is 0 Å². The molecule has 210 valence electrons. The smallest absolute Gasteiger partial charge is 0.355 e. The summed E-state index contributed by atoms with van der Waals surface area (Å²) in [7, 11) is -9.47. The second-order valence-corrected chi connectivity index (χ2v) is 11.0. The molecule has 3 aromatic rings. The third kappa shape index (κ3) is 8.49. The first kappa shape index (κ1) is 36.1. The van der Waals surface area contributed by atoms with Gasteiger partial charge in [-0.15, -0.1) is 0 Å². The maximum atomic E-state index is 12.9. The Bertz CT molecular complexity index is 1810. The van der Waals surface area contributed by atoms with Crippen LogP contribution in [-0.4, -0.2) is 129 Å². The van der Waals surface area contributed by atoms with Crippen molar-refractivity contribution in [1.29, 1.82) is 0 Å². The molecule has 4 rings (SSSR count). The van der Waals surface area contributed by atoms with Crippen molar-refractivity contribution in [2.24, 2.45) is 15.3 Å². The molecule has 1 unspecified atom stereocenters. The molecule has 0 bridgehead atoms. The van der Waals surface area contributed by atoms with E-state index in [2.05, 4.69) is 35.6 Å². The van der Waals surface area contributed by atoms with Gasteiger partial charge in [0.2, 0.25) is 22.6 Å². The van der Waals surface area contributed by atoms with Crippen molar-refractivity contribution >= 4 is 143 Å². The van der Waals surface area contributed by atoms with Crippen LogP contribution in [-0.2, 0) is 29.8 Å². The van der Waals surface area contributed by atoms with Crippen LogP contribution < -0.4 is 10.3 Å². The van der Waals surface area contributed by atoms with E-state index in [4.69, 9.17) is 27.8 Å². The largest absolute Gasteiger partial charge is 0.477 e. The van der Waals surface area contributed by atoms with Gasteiger partial charge in [0.1, 0.15) is 10.6 Å². The van der Waals surface area contributed by atoms with Crippen molar-refractivity contribution < 1.29 is 40.6 Å². The van der Waals surface area contributed by atoms with Gasteiger partial charge in [-0.3, -0.25) is 13.9 Å². The summed E-state index contributed by atoms with van der Waals surface area (Å²) in [6, 6.07) is 5.48. The van der Waals surface area contributed by atoms with E-state index < -0.39 is 59.3 Å². The number of hydrogen-bond acceptors (Lipinski definition) is 13. The molecule has 17 nitrogen and oxygen atoms in total. The number of hydrogen-bond donors (Lipinski definition) is 4. The monoisotopic (exact) mass is 676 g/mol. The number of carboxylic acid groups (broad SMARTS) is 1. The Hall–Kier alpha value is -2.14. The predicted molar refractivity (Wildman–Crippen MR) is 148 cm³/mol. The fraction of sp³-hybridized carbons (Fsp3) is 0.0526. The Morgan fingerprint density at radius 1 is 0.929 bits per heavy atom. The molecule has 1 atom stereocenters. The molecule has 42 heavy (non-hydrogen) atoms. The van der Waals surface area contributed by atoms with Crippen LogP contribution in [0.5, 0.6) is 0 Å². The quantitative estimate of drug-likeness (QED) is 0.150. The molecule has 0 fully saturated rings. The number of rotatable bonds is 8. The van der Waals surface area contributed by atoms with Gasteiger partial charge >= 0.3 is 5.97 Å². The normalized spacial score (nSPS) is 15.1. The number of nitrogens with one attached hydrogen (secondary N) is 1. The summed E-state index contributed by atoms with van der Waals surface area (Å²) < 4.78 is 65.3. The van der Waals surface area contributed by atoms with E-state index in [0.717, 1.165) is 36.4 Å². The van der Waals surface area contributed by atoms with Gasteiger partial charge in [-0.2, -0.15) is 52.1 Å². The van der Waals surface area contributed by atoms with Crippen molar-refractivity contribution in [2.45, 2.75) is 15.8 Å². The number of azo groups is 1. The summed E-state index contributed by atoms with van der Waals surface area (Å²) >= 11 is 11.4. The second kappa shape index (κ2) is 14.1. The summed E-state index contributed by atoms with van der Waals surface area (Å²) in [5.41, 5.74) is -1.31. The van der Waals surface area contributed by atoms with Gasteiger partial charge < -0.3 is 10.4 Å². The molecule has 1 aliphatic heterocycles. The topological polar surface area (TPSA) is 254 Å². The van der Waals surface area contributed by atoms with E-state index in [1.165, 1.54) is 6.07 Å². The molecule has 23 heteroatoms. The molecule has 0 saturated heterocycles. The molecule has 2 aromatic carbocycles. The summed E-state index contributed by atoms with van der Waals surface area (Å²) in [6.07, 6.45) is 0. The zero-order chi connectivity index (χ0) is 29.4. The molecule has 0 spiro atoms. The number of aliphatic carboxylic acids is 1. The molecule has 4 N–H and O–H groups in total. The van der Waals surface area contributed by atoms with Gasteiger partial charge in [-0.1, -0.05) is 0 Å². The molecular formula is C19H12Cl2N8Na2O9S2. The number of nitrogens with zero attached hydrogens (tertiary/aromatic N) is 7. The SMILES string of the molecule is O=C(O)C1=NN(c2ccc(S(=O)(=O)O)cc2)C(=O)C1N=Nc1ccc(Nc2nc(Cl)nc(Cl)n2)cc1S(=O)(=O)O.[Na].[Na]. The zero-order valence-electron chi connectivity index (χ0n) is 21.1. The number of anilines is 3. The molecule has 1 aliphatic rings. The fourth-order valence-electron chi connectivity index (χ4n) is 3.16. The molecule has 1 aromatic heterocycles. The van der Waals surface area contributed by atoms with E-state index in [9.17, 15) is 36.1 Å². The van der Waals surface area contributed by atoms with Crippen LogP contribution in [0.15, 0.2) is 67.6 Å². The number of hydrazone groups is 1. The molecule has 1 amide bonds. The minimum atomic E-state index is -4.93. The van der Waals surface area contributed by atoms with Crippen LogP contribution in [0, 0.1) is 0 Å². The number of carboxylic acids is 1. The van der Waals surface area contributed by atoms with E-state index in [0.29, 0.717) is 5.01 Å². The predicted octanol–water partition coefficient (Wildman–Crippen LogP) is 1.59. The van der Waals surface area contributed by atoms with Gasteiger partial charge in [-0.05, 0) is 65.7 Å². The van der Waals surface area contributed by atoms with Crippen LogP contribution in [0.1, 0.15) is 0 Å². The van der Waals surface area contributed by atoms with E-state index in [1.807, 2.05) is 0 Å². The van der Waals surface area contributed by atoms with E-state index >= 15 is 0 Å². The molecule has 2 heterocycles. The van der Waals surface area contributed by atoms with Crippen molar-refractivity contribution in [2.75, 3.05) is 10.3 Å². The maximum absolute atomic E-state index is 12.9. The van der Waals surface area contributed by atoms with Gasteiger partial charge in [0.15, 0.2) is 5.71 Å². The van der Waals surface area contributed by atoms with E-state index in [1.54, 1.807) is 0 Å². The van der Waals surface area contributed by atoms with Crippen LogP contribution >= 0.6 is 23.2 Å². The maximum Gasteiger partial charge on any atom is 0.355 e. The number of carbonyl (C=O) groups excluding carboxylic acids is 1. The summed E-state index contributed by atoms with van der Waals surface area (Å²) in [6.45, 7) is 0. The van der Waals surface area contributed by atoms with Gasteiger partial charge in [0.05, 0.1) is 10.6 Å².